The lowest BCUT2D eigenvalue weighted by Gasteiger charge is -2.11. The van der Waals surface area contributed by atoms with Crippen LogP contribution in [-0.2, 0) is 16.4 Å². The van der Waals surface area contributed by atoms with E-state index in [0.717, 1.165) is 5.69 Å². The van der Waals surface area contributed by atoms with Crippen LogP contribution in [0, 0.1) is 0 Å². The largest absolute Gasteiger partial charge is 0.490 e. The molecule has 0 atom stereocenters. The van der Waals surface area contributed by atoms with E-state index < -0.39 is 10.0 Å². The molecule has 0 spiro atoms. The first-order valence-corrected chi connectivity index (χ1v) is 8.22. The molecule has 0 aliphatic heterocycles. The Morgan fingerprint density at radius 1 is 1.19 bits per heavy atom. The maximum absolute atomic E-state index is 11.3. The molecule has 2 N–H and O–H groups in total. The van der Waals surface area contributed by atoms with Crippen molar-refractivity contribution in [1.82, 2.24) is 4.98 Å². The van der Waals surface area contributed by atoms with Gasteiger partial charge in [-0.2, -0.15) is 0 Å². The van der Waals surface area contributed by atoms with Crippen LogP contribution in [0.2, 0.25) is 10.0 Å². The van der Waals surface area contributed by atoms with Gasteiger partial charge in [0.2, 0.25) is 10.0 Å². The Balaban J connectivity index is 2.11. The van der Waals surface area contributed by atoms with E-state index in [0.29, 0.717) is 13.0 Å². The molecule has 0 saturated heterocycles. The maximum Gasteiger partial charge on any atom is 0.238 e. The molecule has 0 fully saturated rings. The van der Waals surface area contributed by atoms with Crippen LogP contribution < -0.4 is 9.88 Å². The monoisotopic (exact) mass is 346 g/mol. The van der Waals surface area contributed by atoms with Gasteiger partial charge in [-0.1, -0.05) is 29.3 Å². The normalized spacial score (nSPS) is 11.4. The summed E-state index contributed by atoms with van der Waals surface area (Å²) in [5.41, 5.74) is 0.867. The molecular weight excluding hydrogens is 335 g/mol. The van der Waals surface area contributed by atoms with Crippen LogP contribution >= 0.6 is 23.2 Å². The van der Waals surface area contributed by atoms with Crippen molar-refractivity contribution in [2.45, 2.75) is 11.3 Å². The predicted octanol–water partition coefficient (Wildman–Crippen LogP) is 2.66. The second-order valence-corrected chi connectivity index (χ2v) is 6.56. The van der Waals surface area contributed by atoms with Crippen molar-refractivity contribution >= 4 is 33.2 Å². The van der Waals surface area contributed by atoms with E-state index in [1.165, 1.54) is 12.1 Å². The van der Waals surface area contributed by atoms with Gasteiger partial charge in [0.25, 0.3) is 0 Å². The highest BCUT2D eigenvalue weighted by molar-refractivity contribution is 7.89. The minimum Gasteiger partial charge on any atom is -0.490 e. The Hall–Kier alpha value is -1.34. The van der Waals surface area contributed by atoms with E-state index in [1.807, 2.05) is 18.2 Å². The van der Waals surface area contributed by atoms with Crippen LogP contribution in [0.15, 0.2) is 41.4 Å². The fourth-order valence-corrected chi connectivity index (χ4v) is 2.93. The maximum atomic E-state index is 11.3. The average molecular weight is 347 g/mol. The van der Waals surface area contributed by atoms with Gasteiger partial charge < -0.3 is 4.74 Å². The van der Waals surface area contributed by atoms with Crippen LogP contribution in [0.3, 0.4) is 0 Å². The fourth-order valence-electron chi connectivity index (χ4n) is 1.64. The van der Waals surface area contributed by atoms with Crippen molar-refractivity contribution in [3.63, 3.8) is 0 Å². The summed E-state index contributed by atoms with van der Waals surface area (Å²) in [5, 5.41) is 5.21. The summed E-state index contributed by atoms with van der Waals surface area (Å²) < 4.78 is 28.0. The highest BCUT2D eigenvalue weighted by Gasteiger charge is 2.15. The molecule has 2 aromatic rings. The summed E-state index contributed by atoms with van der Waals surface area (Å²) in [6.45, 7) is 0.311. The van der Waals surface area contributed by atoms with Gasteiger partial charge in [-0.3, -0.25) is 4.98 Å². The molecule has 0 aliphatic carbocycles. The number of aromatic nitrogens is 1. The lowest BCUT2D eigenvalue weighted by atomic mass is 10.3. The Bertz CT molecular complexity index is 713. The van der Waals surface area contributed by atoms with Crippen molar-refractivity contribution in [2.75, 3.05) is 6.61 Å². The zero-order chi connectivity index (χ0) is 15.5. The van der Waals surface area contributed by atoms with Gasteiger partial charge in [0, 0.05) is 18.3 Å². The van der Waals surface area contributed by atoms with Gasteiger partial charge in [0.1, 0.15) is 0 Å². The Morgan fingerprint density at radius 3 is 2.38 bits per heavy atom. The number of hydrogen-bond acceptors (Lipinski definition) is 4. The van der Waals surface area contributed by atoms with Crippen LogP contribution in [0.1, 0.15) is 5.69 Å². The number of nitrogens with zero attached hydrogens (tertiary/aromatic N) is 1. The fraction of sp³-hybridized carbons (Fsp3) is 0.154. The van der Waals surface area contributed by atoms with E-state index in [1.54, 1.807) is 6.20 Å². The number of pyridine rings is 1. The van der Waals surface area contributed by atoms with Gasteiger partial charge >= 0.3 is 0 Å². The second kappa shape index (κ2) is 6.62. The van der Waals surface area contributed by atoms with Gasteiger partial charge in [-0.05, 0) is 24.3 Å². The molecule has 1 aromatic heterocycles. The number of hydrogen-bond donors (Lipinski definition) is 1. The molecule has 1 aromatic carbocycles. The lowest BCUT2D eigenvalue weighted by molar-refractivity contribution is 0.320. The first kappa shape index (κ1) is 16.0. The minimum absolute atomic E-state index is 0.0903. The number of rotatable bonds is 5. The number of benzene rings is 1. The molecule has 2 rings (SSSR count). The molecule has 0 bridgehead atoms. The number of halogens is 2. The first-order chi connectivity index (χ1) is 9.88. The molecule has 0 saturated carbocycles. The van der Waals surface area contributed by atoms with Crippen molar-refractivity contribution in [3.8, 4) is 5.75 Å². The van der Waals surface area contributed by atoms with E-state index in [2.05, 4.69) is 4.98 Å². The lowest BCUT2D eigenvalue weighted by Crippen LogP contribution is -2.12. The van der Waals surface area contributed by atoms with Crippen LogP contribution in [0.4, 0.5) is 0 Å². The number of primary sulfonamides is 1. The molecular formula is C13H12Cl2N2O3S. The third kappa shape index (κ3) is 4.31. The summed E-state index contributed by atoms with van der Waals surface area (Å²) in [4.78, 5) is 4.00. The van der Waals surface area contributed by atoms with Crippen molar-refractivity contribution in [3.05, 3.63) is 52.3 Å². The van der Waals surface area contributed by atoms with Crippen molar-refractivity contribution < 1.29 is 13.2 Å². The topological polar surface area (TPSA) is 82.3 Å². The summed E-state index contributed by atoms with van der Waals surface area (Å²) in [5.74, 6) is 0.224. The SMILES string of the molecule is NS(=O)(=O)c1cc(Cl)c(OCCc2ccccn2)c(Cl)c1. The quantitative estimate of drug-likeness (QED) is 0.901. The number of ether oxygens (including phenoxy) is 1. The van der Waals surface area contributed by atoms with Gasteiger partial charge in [0.05, 0.1) is 21.5 Å². The van der Waals surface area contributed by atoms with E-state index in [9.17, 15) is 8.42 Å². The molecule has 0 amide bonds. The van der Waals surface area contributed by atoms with Crippen molar-refractivity contribution in [2.24, 2.45) is 5.14 Å². The average Bonchev–Trinajstić information content (AvgIpc) is 2.42. The Morgan fingerprint density at radius 2 is 1.86 bits per heavy atom. The zero-order valence-electron chi connectivity index (χ0n) is 10.8. The highest BCUT2D eigenvalue weighted by atomic mass is 35.5. The third-order valence-corrected chi connectivity index (χ3v) is 4.09. The second-order valence-electron chi connectivity index (χ2n) is 4.18. The molecule has 1 heterocycles. The smallest absolute Gasteiger partial charge is 0.238 e. The highest BCUT2D eigenvalue weighted by Crippen LogP contribution is 2.35. The first-order valence-electron chi connectivity index (χ1n) is 5.92. The number of sulfonamides is 1. The summed E-state index contributed by atoms with van der Waals surface area (Å²) in [7, 11) is -3.86. The molecule has 5 nitrogen and oxygen atoms in total. The van der Waals surface area contributed by atoms with Gasteiger partial charge in [0.15, 0.2) is 5.75 Å². The third-order valence-electron chi connectivity index (χ3n) is 2.63. The van der Waals surface area contributed by atoms with Crippen molar-refractivity contribution in [1.29, 1.82) is 0 Å². The standard InChI is InChI=1S/C13H12Cl2N2O3S/c14-11-7-10(21(16,18)19)8-12(15)13(11)20-6-4-9-3-1-2-5-17-9/h1-3,5,7-8H,4,6H2,(H2,16,18,19). The Kier molecular flexibility index (Phi) is 5.05. The Labute approximate surface area is 132 Å². The van der Waals surface area contributed by atoms with Gasteiger partial charge in [-0.25, -0.2) is 13.6 Å². The van der Waals surface area contributed by atoms with E-state index >= 15 is 0 Å². The summed E-state index contributed by atoms with van der Waals surface area (Å²) in [6.07, 6.45) is 2.26. The summed E-state index contributed by atoms with van der Waals surface area (Å²) in [6, 6.07) is 7.99. The van der Waals surface area contributed by atoms with E-state index in [-0.39, 0.29) is 20.7 Å². The molecule has 0 radical (unpaired) electrons. The molecule has 21 heavy (non-hydrogen) atoms. The van der Waals surface area contributed by atoms with E-state index in [4.69, 9.17) is 33.1 Å². The zero-order valence-corrected chi connectivity index (χ0v) is 13.1. The summed E-state index contributed by atoms with van der Waals surface area (Å²) >= 11 is 12.0. The number of nitrogens with two attached hydrogens (primary N) is 1. The molecule has 0 aliphatic rings. The molecule has 112 valence electrons. The van der Waals surface area contributed by atoms with Gasteiger partial charge in [-0.15, -0.1) is 0 Å². The molecule has 0 unspecified atom stereocenters. The molecule has 8 heteroatoms. The predicted molar refractivity (Wildman–Crippen MR) is 81.3 cm³/mol. The minimum atomic E-state index is -3.86. The van der Waals surface area contributed by atoms with Crippen LogP contribution in [0.5, 0.6) is 5.75 Å². The van der Waals surface area contributed by atoms with Crippen LogP contribution in [-0.4, -0.2) is 20.0 Å². The van der Waals surface area contributed by atoms with Crippen LogP contribution in [0.25, 0.3) is 0 Å².